The molecule has 0 aliphatic heterocycles. The van der Waals surface area contributed by atoms with Crippen LogP contribution in [0.3, 0.4) is 0 Å². The van der Waals surface area contributed by atoms with Crippen molar-refractivity contribution in [2.45, 2.75) is 23.1 Å². The summed E-state index contributed by atoms with van der Waals surface area (Å²) in [6, 6.07) is 15.1. The van der Waals surface area contributed by atoms with E-state index in [9.17, 15) is 8.42 Å². The molecule has 0 unspecified atom stereocenters. The molecule has 0 atom stereocenters. The number of nitrogens with two attached hydrogens (primary N) is 1. The minimum Gasteiger partial charge on any atom is -0.384 e. The van der Waals surface area contributed by atoms with Crippen molar-refractivity contribution in [1.82, 2.24) is 19.6 Å². The van der Waals surface area contributed by atoms with Crippen LogP contribution in [0.4, 0.5) is 5.82 Å². The smallest absolute Gasteiger partial charge is 0.201 e. The van der Waals surface area contributed by atoms with Crippen LogP contribution in [-0.4, -0.2) is 33.2 Å². The molecule has 0 amide bonds. The van der Waals surface area contributed by atoms with Crippen molar-refractivity contribution in [2.24, 2.45) is 0 Å². The number of nitrogens with zero attached hydrogens (tertiary/aromatic N) is 4. The molecule has 140 valence electrons. The zero-order valence-electron chi connectivity index (χ0n) is 14.9. The fourth-order valence-electron chi connectivity index (χ4n) is 3.25. The molecular weight excluding hydrogens is 374 g/mol. The fraction of sp³-hybridized carbons (Fsp3) is 0.150. The molecule has 0 bridgehead atoms. The van der Waals surface area contributed by atoms with Gasteiger partial charge in [0.25, 0.3) is 0 Å². The van der Waals surface area contributed by atoms with Crippen LogP contribution in [0.15, 0.2) is 66.0 Å². The molecule has 3 aromatic heterocycles. The van der Waals surface area contributed by atoms with E-state index in [0.29, 0.717) is 35.4 Å². The Morgan fingerprint density at radius 2 is 1.75 bits per heavy atom. The molecule has 28 heavy (non-hydrogen) atoms. The van der Waals surface area contributed by atoms with Gasteiger partial charge in [-0.05, 0) is 25.0 Å². The van der Waals surface area contributed by atoms with Crippen LogP contribution in [0.2, 0.25) is 0 Å². The van der Waals surface area contributed by atoms with Crippen molar-refractivity contribution in [3.8, 4) is 22.4 Å². The lowest BCUT2D eigenvalue weighted by atomic mass is 10.1. The first-order valence-corrected chi connectivity index (χ1v) is 10.5. The minimum absolute atomic E-state index is 0.0228. The lowest BCUT2D eigenvalue weighted by Gasteiger charge is -2.05. The normalized spacial score (nSPS) is 14.4. The van der Waals surface area contributed by atoms with Gasteiger partial charge in [0.2, 0.25) is 9.84 Å². The van der Waals surface area contributed by atoms with Gasteiger partial charge in [-0.25, -0.2) is 13.4 Å². The second kappa shape index (κ2) is 6.13. The molecule has 1 aliphatic carbocycles. The van der Waals surface area contributed by atoms with Crippen molar-refractivity contribution in [2.75, 3.05) is 5.73 Å². The van der Waals surface area contributed by atoms with Crippen molar-refractivity contribution >= 4 is 21.3 Å². The third-order valence-electron chi connectivity index (χ3n) is 4.87. The molecular formula is C20H17N5O2S. The number of benzene rings is 1. The monoisotopic (exact) mass is 391 g/mol. The second-order valence-electron chi connectivity index (χ2n) is 6.83. The molecule has 7 nitrogen and oxygen atoms in total. The van der Waals surface area contributed by atoms with Crippen LogP contribution in [0.25, 0.3) is 28.0 Å². The Morgan fingerprint density at radius 3 is 2.43 bits per heavy atom. The minimum atomic E-state index is -3.54. The average molecular weight is 391 g/mol. The topological polar surface area (TPSA) is 103 Å². The van der Waals surface area contributed by atoms with Crippen molar-refractivity contribution < 1.29 is 8.42 Å². The first-order chi connectivity index (χ1) is 13.6. The molecule has 1 fully saturated rings. The summed E-state index contributed by atoms with van der Waals surface area (Å²) in [7, 11) is -3.54. The summed E-state index contributed by atoms with van der Waals surface area (Å²) in [4.78, 5) is 8.87. The first kappa shape index (κ1) is 16.9. The van der Waals surface area contributed by atoms with Gasteiger partial charge in [-0.3, -0.25) is 4.98 Å². The highest BCUT2D eigenvalue weighted by atomic mass is 32.2. The van der Waals surface area contributed by atoms with E-state index in [-0.39, 0.29) is 10.3 Å². The number of rotatable bonds is 4. The second-order valence-corrected chi connectivity index (χ2v) is 8.97. The van der Waals surface area contributed by atoms with Crippen LogP contribution >= 0.6 is 0 Å². The van der Waals surface area contributed by atoms with Gasteiger partial charge >= 0.3 is 0 Å². The highest BCUT2D eigenvalue weighted by Crippen LogP contribution is 2.39. The predicted molar refractivity (Wildman–Crippen MR) is 106 cm³/mol. The molecule has 1 aromatic carbocycles. The van der Waals surface area contributed by atoms with Crippen LogP contribution in [0, 0.1) is 0 Å². The van der Waals surface area contributed by atoms with Gasteiger partial charge in [0, 0.05) is 23.5 Å². The molecule has 2 N–H and O–H groups in total. The van der Waals surface area contributed by atoms with E-state index in [1.165, 1.54) is 4.52 Å². The van der Waals surface area contributed by atoms with Gasteiger partial charge in [-0.15, -0.1) is 0 Å². The average Bonchev–Trinajstić information content (AvgIpc) is 3.50. The Labute approximate surface area is 161 Å². The Bertz CT molecular complexity index is 1280. The lowest BCUT2D eigenvalue weighted by Crippen LogP contribution is -2.09. The fourth-order valence-corrected chi connectivity index (χ4v) is 5.01. The van der Waals surface area contributed by atoms with Gasteiger partial charge in [-0.1, -0.05) is 36.4 Å². The third-order valence-corrected chi connectivity index (χ3v) is 7.04. The van der Waals surface area contributed by atoms with Crippen molar-refractivity contribution in [3.05, 3.63) is 60.9 Å². The zero-order valence-corrected chi connectivity index (χ0v) is 15.7. The third kappa shape index (κ3) is 2.65. The Balaban J connectivity index is 1.71. The van der Waals surface area contributed by atoms with Gasteiger partial charge in [0.05, 0.1) is 16.5 Å². The van der Waals surface area contributed by atoms with E-state index < -0.39 is 9.84 Å². The molecule has 5 rings (SSSR count). The van der Waals surface area contributed by atoms with Crippen molar-refractivity contribution in [3.63, 3.8) is 0 Å². The summed E-state index contributed by atoms with van der Waals surface area (Å²) in [6.45, 7) is 0. The van der Waals surface area contributed by atoms with Crippen molar-refractivity contribution in [1.29, 1.82) is 0 Å². The molecule has 0 spiro atoms. The first-order valence-electron chi connectivity index (χ1n) is 8.94. The SMILES string of the molecule is Nc1ccnc2c(-c3ccc(-c4ccccc4)nc3)c(S(=O)(=O)C3CC3)nn12. The maximum absolute atomic E-state index is 13.0. The van der Waals surface area contributed by atoms with Gasteiger partial charge in [-0.2, -0.15) is 9.61 Å². The number of hydrogen-bond acceptors (Lipinski definition) is 6. The summed E-state index contributed by atoms with van der Waals surface area (Å²) >= 11 is 0. The number of fused-ring (bicyclic) bond motifs is 1. The van der Waals surface area contributed by atoms with Crippen LogP contribution in [0.1, 0.15) is 12.8 Å². The number of pyridine rings is 1. The number of aromatic nitrogens is 4. The summed E-state index contributed by atoms with van der Waals surface area (Å²) in [5.41, 5.74) is 9.30. The van der Waals surface area contributed by atoms with E-state index >= 15 is 0 Å². The molecule has 1 saturated carbocycles. The van der Waals surface area contributed by atoms with E-state index in [1.807, 2.05) is 42.5 Å². The van der Waals surface area contributed by atoms with E-state index in [1.54, 1.807) is 18.5 Å². The highest BCUT2D eigenvalue weighted by Gasteiger charge is 2.41. The summed E-state index contributed by atoms with van der Waals surface area (Å²) in [5, 5.41) is 3.96. The number of sulfone groups is 1. The molecule has 8 heteroatoms. The number of nitrogen functional groups attached to an aromatic ring is 1. The van der Waals surface area contributed by atoms with Gasteiger partial charge < -0.3 is 5.73 Å². The molecule has 0 radical (unpaired) electrons. The van der Waals surface area contributed by atoms with Gasteiger partial charge in [0.1, 0.15) is 5.82 Å². The summed E-state index contributed by atoms with van der Waals surface area (Å²) < 4.78 is 27.4. The zero-order chi connectivity index (χ0) is 19.3. The van der Waals surface area contributed by atoms with Crippen LogP contribution in [0.5, 0.6) is 0 Å². The molecule has 3 heterocycles. The molecule has 1 aliphatic rings. The lowest BCUT2D eigenvalue weighted by molar-refractivity contribution is 0.590. The van der Waals surface area contributed by atoms with E-state index in [0.717, 1.165) is 11.3 Å². The maximum Gasteiger partial charge on any atom is 0.201 e. The highest BCUT2D eigenvalue weighted by molar-refractivity contribution is 7.92. The van der Waals surface area contributed by atoms with Crippen LogP contribution < -0.4 is 5.73 Å². The Morgan fingerprint density at radius 1 is 0.964 bits per heavy atom. The largest absolute Gasteiger partial charge is 0.384 e. The Hall–Kier alpha value is -3.26. The number of anilines is 1. The Kier molecular flexibility index (Phi) is 3.70. The number of hydrogen-bond donors (Lipinski definition) is 1. The van der Waals surface area contributed by atoms with E-state index in [4.69, 9.17) is 5.73 Å². The quantitative estimate of drug-likeness (QED) is 0.574. The standard InChI is InChI=1S/C20H17N5O2S/c21-17-10-11-22-19-18(20(24-25(17)19)28(26,27)15-7-8-15)14-6-9-16(23-12-14)13-4-2-1-3-5-13/h1-6,9-12,15H,7-8,21H2. The van der Waals surface area contributed by atoms with Crippen LogP contribution in [-0.2, 0) is 9.84 Å². The predicted octanol–water partition coefficient (Wildman–Crippen LogP) is 2.98. The molecule has 4 aromatic rings. The molecule has 0 saturated heterocycles. The maximum atomic E-state index is 13.0. The summed E-state index contributed by atoms with van der Waals surface area (Å²) in [6.07, 6.45) is 4.53. The summed E-state index contributed by atoms with van der Waals surface area (Å²) in [5.74, 6) is 0.331. The van der Waals surface area contributed by atoms with E-state index in [2.05, 4.69) is 15.1 Å². The van der Waals surface area contributed by atoms with Gasteiger partial charge in [0.15, 0.2) is 10.7 Å².